The third kappa shape index (κ3) is 4.73. The number of benzene rings is 2. The van der Waals surface area contributed by atoms with Crippen LogP contribution in [-0.2, 0) is 18.4 Å². The molecule has 1 aliphatic heterocycles. The quantitative estimate of drug-likeness (QED) is 0.314. The highest BCUT2D eigenvalue weighted by Gasteiger charge is 2.34. The third-order valence-corrected chi connectivity index (χ3v) is 9.04. The number of pyridine rings is 1. The normalized spacial score (nSPS) is 18.8. The number of hydrogen-bond donors (Lipinski definition) is 3. The molecule has 0 aliphatic carbocycles. The molecule has 38 heavy (non-hydrogen) atoms. The zero-order chi connectivity index (χ0) is 27.2. The summed E-state index contributed by atoms with van der Waals surface area (Å²) in [7, 11) is -1.54. The summed E-state index contributed by atoms with van der Waals surface area (Å²) in [5.74, 6) is -0.917. The van der Waals surface area contributed by atoms with Gasteiger partial charge in [-0.05, 0) is 54.7 Å². The first kappa shape index (κ1) is 26.1. The van der Waals surface area contributed by atoms with E-state index in [2.05, 4.69) is 15.3 Å². The van der Waals surface area contributed by atoms with Gasteiger partial charge in [0.2, 0.25) is 0 Å². The van der Waals surface area contributed by atoms with Crippen LogP contribution in [0.25, 0.3) is 11.0 Å². The van der Waals surface area contributed by atoms with Crippen molar-refractivity contribution in [2.45, 2.75) is 50.7 Å². The van der Waals surface area contributed by atoms with Crippen molar-refractivity contribution in [3.8, 4) is 5.75 Å². The van der Waals surface area contributed by atoms with Gasteiger partial charge in [0.15, 0.2) is 0 Å². The van der Waals surface area contributed by atoms with Crippen LogP contribution in [0, 0.1) is 13.8 Å². The van der Waals surface area contributed by atoms with Gasteiger partial charge in [-0.1, -0.05) is 29.5 Å². The number of carboxylic acids is 1. The average molecular weight is 538 g/mol. The van der Waals surface area contributed by atoms with Crippen LogP contribution in [0.4, 0.5) is 0 Å². The van der Waals surface area contributed by atoms with E-state index in [-0.39, 0.29) is 24.0 Å². The van der Waals surface area contributed by atoms with E-state index in [9.17, 15) is 19.0 Å². The van der Waals surface area contributed by atoms with Gasteiger partial charge in [0.1, 0.15) is 22.3 Å². The number of ether oxygens (including phenoxy) is 1. The first-order valence-corrected chi connectivity index (χ1v) is 13.8. The second-order valence-electron chi connectivity index (χ2n) is 9.79. The molecule has 2 atom stereocenters. The molecular formula is C27H31N5O5S. The van der Waals surface area contributed by atoms with E-state index in [0.29, 0.717) is 12.3 Å². The second-order valence-corrected chi connectivity index (χ2v) is 11.8. The zero-order valence-corrected chi connectivity index (χ0v) is 22.5. The van der Waals surface area contributed by atoms with Crippen LogP contribution < -0.4 is 4.74 Å². The molecular weight excluding hydrogens is 506 g/mol. The Hall–Kier alpha value is -3.51. The molecule has 200 valence electrons. The lowest BCUT2D eigenvalue weighted by molar-refractivity contribution is -0.137. The Morgan fingerprint density at radius 3 is 2.76 bits per heavy atom. The van der Waals surface area contributed by atoms with Crippen molar-refractivity contribution in [2.24, 2.45) is 7.05 Å². The Kier molecular flexibility index (Phi) is 6.86. The number of carboxylic acid groups (broad SMARTS) is 1. The predicted molar refractivity (Wildman–Crippen MR) is 144 cm³/mol. The van der Waals surface area contributed by atoms with Gasteiger partial charge in [-0.2, -0.15) is 4.31 Å². The monoisotopic (exact) mass is 537 g/mol. The van der Waals surface area contributed by atoms with Crippen molar-refractivity contribution < 1.29 is 23.7 Å². The molecule has 11 heteroatoms. The Balaban J connectivity index is 1.54. The number of carbonyl (C=O) groups is 1. The highest BCUT2D eigenvalue weighted by molar-refractivity contribution is 8.22. The van der Waals surface area contributed by atoms with Crippen LogP contribution in [-0.4, -0.2) is 57.1 Å². The molecule has 0 radical (unpaired) electrons. The van der Waals surface area contributed by atoms with E-state index in [0.717, 1.165) is 38.9 Å². The molecule has 0 saturated carbocycles. The second kappa shape index (κ2) is 9.99. The lowest BCUT2D eigenvalue weighted by Gasteiger charge is -2.41. The van der Waals surface area contributed by atoms with Gasteiger partial charge in [0.05, 0.1) is 24.7 Å². The Morgan fingerprint density at radius 2 is 2.00 bits per heavy atom. The highest BCUT2D eigenvalue weighted by Crippen LogP contribution is 2.57. The highest BCUT2D eigenvalue weighted by atomic mass is 32.3. The van der Waals surface area contributed by atoms with Crippen LogP contribution >= 0.6 is 10.8 Å². The van der Waals surface area contributed by atoms with Crippen molar-refractivity contribution >= 4 is 27.8 Å². The van der Waals surface area contributed by atoms with E-state index in [1.54, 1.807) is 21.3 Å². The van der Waals surface area contributed by atoms with Gasteiger partial charge >= 0.3 is 5.97 Å². The minimum Gasteiger partial charge on any atom is -0.487 e. The minimum absolute atomic E-state index is 0.0993. The van der Waals surface area contributed by atoms with E-state index in [4.69, 9.17) is 4.74 Å². The molecule has 1 aliphatic rings. The number of hydrogen-bond acceptors (Lipinski definition) is 8. The summed E-state index contributed by atoms with van der Waals surface area (Å²) < 4.78 is 31.9. The summed E-state index contributed by atoms with van der Waals surface area (Å²) in [5.41, 5.74) is 6.04. The van der Waals surface area contributed by atoms with E-state index < -0.39 is 22.7 Å². The number of rotatable bonds is 6. The summed E-state index contributed by atoms with van der Waals surface area (Å²) in [6.07, 6.45) is 2.62. The SMILES string of the molecule is Cc1ccc(C(CC(=O)O)c2ccc3c(nnn3C)c2C)cc1CN1C[C@@H](C)Oc2ccncc2S1(O)O. The third-order valence-electron chi connectivity index (χ3n) is 7.15. The van der Waals surface area contributed by atoms with Gasteiger partial charge in [0, 0.05) is 31.8 Å². The summed E-state index contributed by atoms with van der Waals surface area (Å²) in [5, 5.41) is 18.2. The standard InChI is InChI=1S/C27H31N5O5S/c1-16-5-6-19(22(12-26(33)34)21-7-8-23-27(18(21)3)29-30-31(23)4)11-20(16)15-32-14-17(2)37-24-9-10-28-13-25(24)38(32,35)36/h5-11,13,17,22,35-36H,12,14-15H2,1-4H3,(H,33,34)/t17-,22?/m1/s1. The van der Waals surface area contributed by atoms with Crippen molar-refractivity contribution in [3.05, 3.63) is 76.6 Å². The minimum atomic E-state index is -3.37. The molecule has 0 spiro atoms. The van der Waals surface area contributed by atoms with Crippen LogP contribution in [0.3, 0.4) is 0 Å². The van der Waals surface area contributed by atoms with Crippen molar-refractivity contribution in [3.63, 3.8) is 0 Å². The first-order chi connectivity index (χ1) is 18.1. The predicted octanol–water partition coefficient (Wildman–Crippen LogP) is 4.89. The Morgan fingerprint density at radius 1 is 1.21 bits per heavy atom. The van der Waals surface area contributed by atoms with Crippen LogP contribution in [0.2, 0.25) is 0 Å². The van der Waals surface area contributed by atoms with Crippen molar-refractivity contribution in [1.82, 2.24) is 24.3 Å². The van der Waals surface area contributed by atoms with Crippen molar-refractivity contribution in [2.75, 3.05) is 6.54 Å². The number of fused-ring (bicyclic) bond motifs is 2. The topological polar surface area (TPSA) is 134 Å². The smallest absolute Gasteiger partial charge is 0.304 e. The molecule has 0 fully saturated rings. The fourth-order valence-corrected chi connectivity index (χ4v) is 6.69. The first-order valence-electron chi connectivity index (χ1n) is 12.3. The van der Waals surface area contributed by atoms with Gasteiger partial charge < -0.3 is 9.84 Å². The molecule has 2 aromatic heterocycles. The molecule has 3 heterocycles. The lowest BCUT2D eigenvalue weighted by atomic mass is 9.84. The van der Waals surface area contributed by atoms with Gasteiger partial charge in [-0.15, -0.1) is 15.9 Å². The molecule has 1 unspecified atom stereocenters. The molecule has 0 amide bonds. The van der Waals surface area contributed by atoms with Crippen LogP contribution in [0.15, 0.2) is 53.7 Å². The van der Waals surface area contributed by atoms with E-state index in [1.807, 2.05) is 58.2 Å². The molecule has 10 nitrogen and oxygen atoms in total. The fourth-order valence-electron chi connectivity index (χ4n) is 5.09. The average Bonchev–Trinajstić information content (AvgIpc) is 3.21. The molecule has 4 aromatic rings. The van der Waals surface area contributed by atoms with E-state index in [1.165, 1.54) is 6.20 Å². The molecule has 0 saturated heterocycles. The summed E-state index contributed by atoms with van der Waals surface area (Å²) in [6.45, 7) is 6.32. The molecule has 5 rings (SSSR count). The van der Waals surface area contributed by atoms with Gasteiger partial charge in [-0.25, -0.2) is 4.68 Å². The Labute approximate surface area is 222 Å². The van der Waals surface area contributed by atoms with Crippen molar-refractivity contribution in [1.29, 1.82) is 0 Å². The van der Waals surface area contributed by atoms with E-state index >= 15 is 0 Å². The van der Waals surface area contributed by atoms with Crippen LogP contribution in [0.1, 0.15) is 47.1 Å². The Bertz CT molecular complexity index is 1520. The van der Waals surface area contributed by atoms with Gasteiger partial charge in [-0.3, -0.25) is 18.9 Å². The number of aryl methyl sites for hydroxylation is 3. The van der Waals surface area contributed by atoms with Crippen LogP contribution in [0.5, 0.6) is 5.75 Å². The maximum atomic E-state index is 12.0. The maximum absolute atomic E-state index is 12.0. The van der Waals surface area contributed by atoms with Gasteiger partial charge in [0.25, 0.3) is 0 Å². The molecule has 0 bridgehead atoms. The molecule has 2 aromatic carbocycles. The number of aromatic nitrogens is 4. The maximum Gasteiger partial charge on any atom is 0.304 e. The zero-order valence-electron chi connectivity index (χ0n) is 21.7. The lowest BCUT2D eigenvalue weighted by Crippen LogP contribution is -2.33. The largest absolute Gasteiger partial charge is 0.487 e. The fraction of sp³-hybridized carbons (Fsp3) is 0.333. The molecule has 3 N–H and O–H groups in total. The summed E-state index contributed by atoms with van der Waals surface area (Å²) in [4.78, 5) is 16.3. The summed E-state index contributed by atoms with van der Waals surface area (Å²) >= 11 is 0. The summed E-state index contributed by atoms with van der Waals surface area (Å²) in [6, 6.07) is 11.4. The number of nitrogens with zero attached hydrogens (tertiary/aromatic N) is 5. The number of aliphatic carboxylic acids is 1.